The Kier molecular flexibility index (Phi) is 4.35. The van der Waals surface area contributed by atoms with E-state index in [4.69, 9.17) is 10.3 Å². The topological polar surface area (TPSA) is 44.5 Å². The minimum absolute atomic E-state index is 0.214. The summed E-state index contributed by atoms with van der Waals surface area (Å²) >= 11 is 0. The first-order valence-corrected chi connectivity index (χ1v) is 8.77. The fourth-order valence-electron chi connectivity index (χ4n) is 1.20. The molecule has 96 valence electrons. The molecule has 0 spiro atoms. The molecule has 4 heteroatoms. The summed E-state index contributed by atoms with van der Waals surface area (Å²) in [5, 5.41) is 0.214. The van der Waals surface area contributed by atoms with Crippen molar-refractivity contribution in [2.24, 2.45) is 5.90 Å². The van der Waals surface area contributed by atoms with Crippen LogP contribution in [0.15, 0.2) is 24.3 Å². The third kappa shape index (κ3) is 3.83. The largest absolute Gasteiger partial charge is 0.544 e. The standard InChI is InChI=1S/C13H23NO2Si/c1-13(2,3)17(4,5)16-12-8-6-11(7-9-12)10-15-14/h6-9H,10,14H2,1-5H3. The van der Waals surface area contributed by atoms with Gasteiger partial charge in [0.2, 0.25) is 8.32 Å². The van der Waals surface area contributed by atoms with Crippen LogP contribution in [0, 0.1) is 0 Å². The highest BCUT2D eigenvalue weighted by atomic mass is 28.4. The van der Waals surface area contributed by atoms with Gasteiger partial charge in [0.25, 0.3) is 0 Å². The van der Waals surface area contributed by atoms with Gasteiger partial charge in [-0.1, -0.05) is 32.9 Å². The summed E-state index contributed by atoms with van der Waals surface area (Å²) in [7, 11) is -1.74. The van der Waals surface area contributed by atoms with Gasteiger partial charge in [-0.05, 0) is 35.8 Å². The molecule has 1 aromatic carbocycles. The van der Waals surface area contributed by atoms with E-state index in [-0.39, 0.29) is 5.04 Å². The summed E-state index contributed by atoms with van der Waals surface area (Å²) in [6.45, 7) is 11.6. The van der Waals surface area contributed by atoms with Crippen molar-refractivity contribution in [2.45, 2.75) is 45.5 Å². The number of nitrogens with two attached hydrogens (primary N) is 1. The van der Waals surface area contributed by atoms with E-state index in [1.807, 2.05) is 24.3 Å². The molecule has 0 saturated heterocycles. The molecule has 0 fully saturated rings. The third-order valence-corrected chi connectivity index (χ3v) is 7.71. The van der Waals surface area contributed by atoms with E-state index in [2.05, 4.69) is 38.7 Å². The van der Waals surface area contributed by atoms with E-state index >= 15 is 0 Å². The summed E-state index contributed by atoms with van der Waals surface area (Å²) in [6, 6.07) is 7.92. The van der Waals surface area contributed by atoms with Crippen LogP contribution in [0.2, 0.25) is 18.1 Å². The Bertz CT molecular complexity index is 355. The van der Waals surface area contributed by atoms with Crippen molar-refractivity contribution in [1.82, 2.24) is 0 Å². The van der Waals surface area contributed by atoms with Crippen molar-refractivity contribution in [1.29, 1.82) is 0 Å². The molecule has 0 radical (unpaired) electrons. The second kappa shape index (κ2) is 5.21. The Morgan fingerprint density at radius 1 is 1.12 bits per heavy atom. The molecule has 0 saturated carbocycles. The van der Waals surface area contributed by atoms with Gasteiger partial charge in [0.05, 0.1) is 6.61 Å². The van der Waals surface area contributed by atoms with Gasteiger partial charge in [0.15, 0.2) is 0 Å². The van der Waals surface area contributed by atoms with E-state index in [1.54, 1.807) is 0 Å². The Balaban J connectivity index is 2.76. The summed E-state index contributed by atoms with van der Waals surface area (Å²) < 4.78 is 6.17. The Labute approximate surface area is 105 Å². The van der Waals surface area contributed by atoms with E-state index in [1.165, 1.54) is 0 Å². The van der Waals surface area contributed by atoms with Gasteiger partial charge in [0.1, 0.15) is 5.75 Å². The lowest BCUT2D eigenvalue weighted by Gasteiger charge is -2.36. The highest BCUT2D eigenvalue weighted by Gasteiger charge is 2.38. The first-order valence-electron chi connectivity index (χ1n) is 5.86. The predicted octanol–water partition coefficient (Wildman–Crippen LogP) is 3.46. The van der Waals surface area contributed by atoms with Crippen molar-refractivity contribution in [3.63, 3.8) is 0 Å². The molecule has 17 heavy (non-hydrogen) atoms. The molecule has 0 bridgehead atoms. The van der Waals surface area contributed by atoms with Crippen LogP contribution < -0.4 is 10.3 Å². The highest BCUT2D eigenvalue weighted by Crippen LogP contribution is 2.37. The molecular weight excluding hydrogens is 230 g/mol. The zero-order valence-electron chi connectivity index (χ0n) is 11.4. The van der Waals surface area contributed by atoms with Crippen molar-refractivity contribution in [3.05, 3.63) is 29.8 Å². The van der Waals surface area contributed by atoms with Crippen molar-refractivity contribution < 1.29 is 9.26 Å². The first-order chi connectivity index (χ1) is 7.76. The highest BCUT2D eigenvalue weighted by molar-refractivity contribution is 6.74. The lowest BCUT2D eigenvalue weighted by atomic mass is 10.2. The average molecular weight is 253 g/mol. The molecule has 1 rings (SSSR count). The van der Waals surface area contributed by atoms with Crippen LogP contribution in [0.25, 0.3) is 0 Å². The van der Waals surface area contributed by atoms with Gasteiger partial charge in [-0.3, -0.25) is 4.84 Å². The third-order valence-electron chi connectivity index (χ3n) is 3.35. The maximum atomic E-state index is 6.17. The van der Waals surface area contributed by atoms with Crippen LogP contribution in [0.1, 0.15) is 26.3 Å². The molecule has 2 N–H and O–H groups in total. The van der Waals surface area contributed by atoms with Gasteiger partial charge >= 0.3 is 0 Å². The zero-order valence-corrected chi connectivity index (χ0v) is 12.4. The van der Waals surface area contributed by atoms with Crippen LogP contribution in [-0.2, 0) is 11.4 Å². The van der Waals surface area contributed by atoms with Gasteiger partial charge < -0.3 is 4.43 Å². The Hall–Kier alpha value is -0.843. The second-order valence-corrected chi connectivity index (χ2v) is 10.5. The number of rotatable bonds is 4. The Morgan fingerprint density at radius 2 is 1.65 bits per heavy atom. The normalized spacial score (nSPS) is 12.6. The van der Waals surface area contributed by atoms with E-state index in [9.17, 15) is 0 Å². The van der Waals surface area contributed by atoms with Crippen molar-refractivity contribution >= 4 is 8.32 Å². The molecule has 0 amide bonds. The predicted molar refractivity (Wildman–Crippen MR) is 73.2 cm³/mol. The molecule has 0 aliphatic heterocycles. The smallest absolute Gasteiger partial charge is 0.250 e. The molecule has 0 atom stereocenters. The fourth-order valence-corrected chi connectivity index (χ4v) is 2.23. The molecule has 0 unspecified atom stereocenters. The van der Waals surface area contributed by atoms with Gasteiger partial charge in [-0.2, -0.15) is 0 Å². The molecule has 0 aliphatic rings. The first kappa shape index (κ1) is 14.2. The van der Waals surface area contributed by atoms with E-state index in [0.29, 0.717) is 6.61 Å². The monoisotopic (exact) mass is 253 g/mol. The van der Waals surface area contributed by atoms with Crippen LogP contribution >= 0.6 is 0 Å². The molecule has 3 nitrogen and oxygen atoms in total. The van der Waals surface area contributed by atoms with Crippen molar-refractivity contribution in [2.75, 3.05) is 0 Å². The quantitative estimate of drug-likeness (QED) is 0.660. The number of hydrogen-bond acceptors (Lipinski definition) is 3. The van der Waals surface area contributed by atoms with Gasteiger partial charge in [-0.25, -0.2) is 5.90 Å². The minimum atomic E-state index is -1.74. The number of hydrogen-bond donors (Lipinski definition) is 1. The molecule has 1 aromatic rings. The SMILES string of the molecule is CC(C)(C)[Si](C)(C)Oc1ccc(CON)cc1. The van der Waals surface area contributed by atoms with Crippen LogP contribution in [0.4, 0.5) is 0 Å². The summed E-state index contributed by atoms with van der Waals surface area (Å²) in [5.74, 6) is 5.96. The Morgan fingerprint density at radius 3 is 2.06 bits per heavy atom. The van der Waals surface area contributed by atoms with Crippen LogP contribution in [0.3, 0.4) is 0 Å². The van der Waals surface area contributed by atoms with E-state index in [0.717, 1.165) is 11.3 Å². The zero-order chi connectivity index (χ0) is 13.1. The lowest BCUT2D eigenvalue weighted by Crippen LogP contribution is -2.43. The van der Waals surface area contributed by atoms with Crippen LogP contribution in [0.5, 0.6) is 5.75 Å². The van der Waals surface area contributed by atoms with Gasteiger partial charge in [-0.15, -0.1) is 0 Å². The molecule has 0 aromatic heterocycles. The van der Waals surface area contributed by atoms with Crippen molar-refractivity contribution in [3.8, 4) is 5.75 Å². The summed E-state index contributed by atoms with van der Waals surface area (Å²) in [5.41, 5.74) is 1.05. The number of benzene rings is 1. The summed E-state index contributed by atoms with van der Waals surface area (Å²) in [4.78, 5) is 4.59. The van der Waals surface area contributed by atoms with E-state index < -0.39 is 8.32 Å². The molecule has 0 aliphatic carbocycles. The minimum Gasteiger partial charge on any atom is -0.544 e. The average Bonchev–Trinajstić information content (AvgIpc) is 2.19. The van der Waals surface area contributed by atoms with Crippen LogP contribution in [-0.4, -0.2) is 8.32 Å². The maximum Gasteiger partial charge on any atom is 0.250 e. The fraction of sp³-hybridized carbons (Fsp3) is 0.538. The molecular formula is C13H23NO2Si. The molecule has 0 heterocycles. The lowest BCUT2D eigenvalue weighted by molar-refractivity contribution is 0.124. The van der Waals surface area contributed by atoms with Gasteiger partial charge in [0, 0.05) is 0 Å². The second-order valence-electron chi connectivity index (χ2n) is 5.82. The summed E-state index contributed by atoms with van der Waals surface area (Å²) in [6.07, 6.45) is 0. The maximum absolute atomic E-state index is 6.17.